The van der Waals surface area contributed by atoms with Gasteiger partial charge in [0.2, 0.25) is 11.8 Å². The van der Waals surface area contributed by atoms with Gasteiger partial charge in [-0.15, -0.1) is 0 Å². The van der Waals surface area contributed by atoms with E-state index in [2.05, 4.69) is 15.5 Å². The van der Waals surface area contributed by atoms with Gasteiger partial charge in [0.15, 0.2) is 5.82 Å². The first-order valence-corrected chi connectivity index (χ1v) is 6.08. The zero-order valence-electron chi connectivity index (χ0n) is 11.7. The Balaban J connectivity index is 2.55. The van der Waals surface area contributed by atoms with Gasteiger partial charge in [-0.2, -0.15) is 4.98 Å². The van der Waals surface area contributed by atoms with Crippen molar-refractivity contribution in [3.05, 3.63) is 11.7 Å². The van der Waals surface area contributed by atoms with Crippen LogP contribution in [0.5, 0.6) is 0 Å². The van der Waals surface area contributed by atoms with Gasteiger partial charge in [-0.1, -0.05) is 39.8 Å². The van der Waals surface area contributed by atoms with Crippen molar-refractivity contribution in [1.29, 1.82) is 0 Å². The maximum atomic E-state index is 11.6. The molecule has 1 aromatic rings. The highest BCUT2D eigenvalue weighted by atomic mass is 16.5. The third-order valence-corrected chi connectivity index (χ3v) is 2.57. The molecular weight excluding hydrogens is 232 g/mol. The first kappa shape index (κ1) is 14.6. The van der Waals surface area contributed by atoms with Crippen LogP contribution in [0.1, 0.15) is 46.3 Å². The van der Waals surface area contributed by atoms with Gasteiger partial charge in [0.25, 0.3) is 0 Å². The van der Waals surface area contributed by atoms with E-state index in [4.69, 9.17) is 10.3 Å². The first-order chi connectivity index (χ1) is 8.21. The number of nitrogens with zero attached hydrogens (tertiary/aromatic N) is 2. The van der Waals surface area contributed by atoms with Crippen molar-refractivity contribution in [2.45, 2.75) is 52.6 Å². The fourth-order valence-electron chi connectivity index (χ4n) is 1.21. The zero-order chi connectivity index (χ0) is 13.9. The SMILES string of the molecule is CC(C)[C@H](N)C(=O)NCc1nc(C(C)(C)C)no1. The molecule has 1 atom stereocenters. The summed E-state index contributed by atoms with van der Waals surface area (Å²) < 4.78 is 5.07. The Kier molecular flexibility index (Phi) is 4.45. The van der Waals surface area contributed by atoms with Crippen LogP contribution in [0.2, 0.25) is 0 Å². The summed E-state index contributed by atoms with van der Waals surface area (Å²) in [5.41, 5.74) is 5.55. The van der Waals surface area contributed by atoms with Gasteiger partial charge < -0.3 is 15.6 Å². The normalized spacial score (nSPS) is 13.7. The van der Waals surface area contributed by atoms with Crippen molar-refractivity contribution in [2.75, 3.05) is 0 Å². The predicted molar refractivity (Wildman–Crippen MR) is 67.7 cm³/mol. The van der Waals surface area contributed by atoms with E-state index in [0.29, 0.717) is 11.7 Å². The molecule has 6 nitrogen and oxygen atoms in total. The molecule has 0 aromatic carbocycles. The topological polar surface area (TPSA) is 94.0 Å². The fourth-order valence-corrected chi connectivity index (χ4v) is 1.21. The lowest BCUT2D eigenvalue weighted by molar-refractivity contribution is -0.123. The fraction of sp³-hybridized carbons (Fsp3) is 0.750. The number of rotatable bonds is 4. The van der Waals surface area contributed by atoms with Crippen molar-refractivity contribution in [3.8, 4) is 0 Å². The smallest absolute Gasteiger partial charge is 0.246 e. The molecule has 0 aliphatic heterocycles. The molecule has 6 heteroatoms. The highest BCUT2D eigenvalue weighted by molar-refractivity contribution is 5.81. The third kappa shape index (κ3) is 3.80. The average molecular weight is 254 g/mol. The molecule has 1 rings (SSSR count). The summed E-state index contributed by atoms with van der Waals surface area (Å²) in [6.07, 6.45) is 0. The van der Waals surface area contributed by atoms with E-state index in [9.17, 15) is 4.79 Å². The number of hydrogen-bond donors (Lipinski definition) is 2. The molecule has 0 aliphatic carbocycles. The van der Waals surface area contributed by atoms with Gasteiger partial charge in [-0.05, 0) is 5.92 Å². The standard InChI is InChI=1S/C12H22N4O2/c1-7(2)9(13)10(17)14-6-8-15-11(16-18-8)12(3,4)5/h7,9H,6,13H2,1-5H3,(H,14,17)/t9-/m0/s1. The summed E-state index contributed by atoms with van der Waals surface area (Å²) in [4.78, 5) is 15.9. The van der Waals surface area contributed by atoms with E-state index < -0.39 is 6.04 Å². The molecule has 0 saturated carbocycles. The van der Waals surface area contributed by atoms with Crippen LogP contribution in [-0.4, -0.2) is 22.1 Å². The molecule has 0 bridgehead atoms. The summed E-state index contributed by atoms with van der Waals surface area (Å²) in [6, 6.07) is -0.519. The third-order valence-electron chi connectivity index (χ3n) is 2.57. The number of amides is 1. The van der Waals surface area contributed by atoms with Crippen molar-refractivity contribution in [1.82, 2.24) is 15.5 Å². The number of hydrogen-bond acceptors (Lipinski definition) is 5. The molecule has 0 radical (unpaired) electrons. The van der Waals surface area contributed by atoms with Crippen LogP contribution in [-0.2, 0) is 16.8 Å². The highest BCUT2D eigenvalue weighted by Crippen LogP contribution is 2.18. The molecule has 1 aromatic heterocycles. The van der Waals surface area contributed by atoms with Crippen LogP contribution in [0.4, 0.5) is 0 Å². The van der Waals surface area contributed by atoms with Crippen molar-refractivity contribution in [3.63, 3.8) is 0 Å². The maximum absolute atomic E-state index is 11.6. The van der Waals surface area contributed by atoms with Crippen LogP contribution in [0.15, 0.2) is 4.52 Å². The molecular formula is C12H22N4O2. The second-order valence-electron chi connectivity index (χ2n) is 5.75. The monoisotopic (exact) mass is 254 g/mol. The molecule has 1 heterocycles. The molecule has 0 saturated heterocycles. The maximum Gasteiger partial charge on any atom is 0.246 e. The second-order valence-corrected chi connectivity index (χ2v) is 5.75. The van der Waals surface area contributed by atoms with Crippen LogP contribution in [0, 0.1) is 5.92 Å². The summed E-state index contributed by atoms with van der Waals surface area (Å²) in [6.45, 7) is 9.99. The summed E-state index contributed by atoms with van der Waals surface area (Å²) >= 11 is 0. The summed E-state index contributed by atoms with van der Waals surface area (Å²) in [5, 5.41) is 6.56. The van der Waals surface area contributed by atoms with E-state index in [1.807, 2.05) is 34.6 Å². The lowest BCUT2D eigenvalue weighted by Gasteiger charge is -2.14. The molecule has 0 unspecified atom stereocenters. The van der Waals surface area contributed by atoms with Gasteiger partial charge in [0.1, 0.15) is 0 Å². The number of nitrogens with one attached hydrogen (secondary N) is 1. The number of carbonyl (C=O) groups is 1. The van der Waals surface area contributed by atoms with E-state index >= 15 is 0 Å². The lowest BCUT2D eigenvalue weighted by atomic mass is 9.96. The molecule has 102 valence electrons. The van der Waals surface area contributed by atoms with E-state index in [0.717, 1.165) is 0 Å². The summed E-state index contributed by atoms with van der Waals surface area (Å²) in [5.74, 6) is 0.905. The molecule has 3 N–H and O–H groups in total. The predicted octanol–water partition coefficient (Wildman–Crippen LogP) is 0.967. The Labute approximate surface area is 107 Å². The van der Waals surface area contributed by atoms with E-state index in [1.54, 1.807) is 0 Å². The van der Waals surface area contributed by atoms with Crippen LogP contribution >= 0.6 is 0 Å². The van der Waals surface area contributed by atoms with Crippen LogP contribution in [0.3, 0.4) is 0 Å². The minimum absolute atomic E-state index is 0.0952. The van der Waals surface area contributed by atoms with E-state index in [1.165, 1.54) is 0 Å². The first-order valence-electron chi connectivity index (χ1n) is 6.08. The van der Waals surface area contributed by atoms with Gasteiger partial charge in [-0.3, -0.25) is 4.79 Å². The van der Waals surface area contributed by atoms with Crippen molar-refractivity contribution in [2.24, 2.45) is 11.7 Å². The lowest BCUT2D eigenvalue weighted by Crippen LogP contribution is -2.43. The molecule has 0 fully saturated rings. The number of carbonyl (C=O) groups excluding carboxylic acids is 1. The minimum Gasteiger partial charge on any atom is -0.346 e. The van der Waals surface area contributed by atoms with Crippen LogP contribution < -0.4 is 11.1 Å². The van der Waals surface area contributed by atoms with Crippen molar-refractivity contribution >= 4 is 5.91 Å². The molecule has 1 amide bonds. The minimum atomic E-state index is -0.519. The average Bonchev–Trinajstić information content (AvgIpc) is 2.72. The Bertz CT molecular complexity index is 406. The van der Waals surface area contributed by atoms with E-state index in [-0.39, 0.29) is 23.8 Å². The molecule has 0 aliphatic rings. The van der Waals surface area contributed by atoms with Gasteiger partial charge >= 0.3 is 0 Å². The Morgan fingerprint density at radius 2 is 2.06 bits per heavy atom. The van der Waals surface area contributed by atoms with Crippen LogP contribution in [0.25, 0.3) is 0 Å². The summed E-state index contributed by atoms with van der Waals surface area (Å²) in [7, 11) is 0. The van der Waals surface area contributed by atoms with Gasteiger partial charge in [0.05, 0.1) is 12.6 Å². The number of nitrogens with two attached hydrogens (primary N) is 1. The van der Waals surface area contributed by atoms with Crippen molar-refractivity contribution < 1.29 is 9.32 Å². The second kappa shape index (κ2) is 5.48. The molecule has 0 spiro atoms. The number of aromatic nitrogens is 2. The highest BCUT2D eigenvalue weighted by Gasteiger charge is 2.22. The zero-order valence-corrected chi connectivity index (χ0v) is 11.7. The largest absolute Gasteiger partial charge is 0.346 e. The van der Waals surface area contributed by atoms with Gasteiger partial charge in [0, 0.05) is 5.41 Å². The Morgan fingerprint density at radius 3 is 2.50 bits per heavy atom. The van der Waals surface area contributed by atoms with Gasteiger partial charge in [-0.25, -0.2) is 0 Å². The molecule has 18 heavy (non-hydrogen) atoms. The Morgan fingerprint density at radius 1 is 1.44 bits per heavy atom. The quantitative estimate of drug-likeness (QED) is 0.834. The Hall–Kier alpha value is -1.43.